The molecule has 0 bridgehead atoms. The quantitative estimate of drug-likeness (QED) is 0.608. The monoisotopic (exact) mass is 360 g/mol. The van der Waals surface area contributed by atoms with Crippen LogP contribution in [0.4, 0.5) is 0 Å². The highest BCUT2D eigenvalue weighted by molar-refractivity contribution is 8.00. The lowest BCUT2D eigenvalue weighted by Gasteiger charge is -2.14. The van der Waals surface area contributed by atoms with E-state index in [1.54, 1.807) is 11.3 Å². The number of thiazole rings is 1. The molecule has 1 atom stereocenters. The van der Waals surface area contributed by atoms with Crippen molar-refractivity contribution >= 4 is 29.1 Å². The van der Waals surface area contributed by atoms with E-state index < -0.39 is 0 Å². The van der Waals surface area contributed by atoms with E-state index in [0.29, 0.717) is 6.54 Å². The van der Waals surface area contributed by atoms with Crippen LogP contribution < -0.4 is 10.6 Å². The van der Waals surface area contributed by atoms with Crippen LogP contribution in [-0.2, 0) is 6.54 Å². The molecule has 2 N–H and O–H groups in total. The van der Waals surface area contributed by atoms with Gasteiger partial charge in [0.05, 0.1) is 12.2 Å². The van der Waals surface area contributed by atoms with Crippen molar-refractivity contribution in [2.45, 2.75) is 31.6 Å². The largest absolute Gasteiger partial charge is 0.357 e. The first-order valence-corrected chi connectivity index (χ1v) is 10.4. The van der Waals surface area contributed by atoms with Gasteiger partial charge >= 0.3 is 0 Å². The summed E-state index contributed by atoms with van der Waals surface area (Å²) in [6.07, 6.45) is 2.65. The lowest BCUT2D eigenvalue weighted by molar-refractivity contribution is 0.726. The molecule has 0 aliphatic carbocycles. The van der Waals surface area contributed by atoms with Gasteiger partial charge in [0.15, 0.2) is 5.96 Å². The number of guanidine groups is 1. The van der Waals surface area contributed by atoms with Gasteiger partial charge in [0.1, 0.15) is 5.01 Å². The molecular formula is C18H24N4S2. The minimum Gasteiger partial charge on any atom is -0.357 e. The predicted octanol–water partition coefficient (Wildman–Crippen LogP) is 3.76. The number of benzene rings is 1. The lowest BCUT2D eigenvalue weighted by Crippen LogP contribution is -2.40. The van der Waals surface area contributed by atoms with Crippen LogP contribution in [0.5, 0.6) is 0 Å². The zero-order valence-corrected chi connectivity index (χ0v) is 15.6. The molecule has 1 aliphatic rings. The third kappa shape index (κ3) is 4.98. The number of rotatable bonds is 6. The van der Waals surface area contributed by atoms with Crippen molar-refractivity contribution in [3.63, 3.8) is 0 Å². The summed E-state index contributed by atoms with van der Waals surface area (Å²) in [6, 6.07) is 10.3. The van der Waals surface area contributed by atoms with Gasteiger partial charge in [0, 0.05) is 29.3 Å². The molecule has 0 spiro atoms. The predicted molar refractivity (Wildman–Crippen MR) is 106 cm³/mol. The third-order valence-corrected chi connectivity index (χ3v) is 6.18. The van der Waals surface area contributed by atoms with E-state index in [-0.39, 0.29) is 0 Å². The maximum absolute atomic E-state index is 4.70. The number of nitrogens with one attached hydrogen (secondary N) is 2. The molecule has 1 fully saturated rings. The van der Waals surface area contributed by atoms with E-state index in [0.717, 1.165) is 35.0 Å². The molecular weight excluding hydrogens is 336 g/mol. The molecule has 128 valence electrons. The summed E-state index contributed by atoms with van der Waals surface area (Å²) >= 11 is 3.74. The maximum Gasteiger partial charge on any atom is 0.191 e. The second kappa shape index (κ2) is 9.08. The Morgan fingerprint density at radius 3 is 2.92 bits per heavy atom. The number of hydrogen-bond donors (Lipinski definition) is 2. The standard InChI is InChI=1S/C18H24N4S2/c1-2-19-18(21-12-16-9-6-10-23-16)20-11-15-13-24-17(22-15)14-7-4-3-5-8-14/h3-5,7-8,13,16H,2,6,9-12H2,1H3,(H2,19,20,21). The van der Waals surface area contributed by atoms with Crippen molar-refractivity contribution in [1.82, 2.24) is 15.6 Å². The van der Waals surface area contributed by atoms with Crippen LogP contribution in [0, 0.1) is 0 Å². The van der Waals surface area contributed by atoms with Gasteiger partial charge in [0.2, 0.25) is 0 Å². The van der Waals surface area contributed by atoms with E-state index in [1.165, 1.54) is 24.2 Å². The minimum absolute atomic E-state index is 0.608. The molecule has 4 nitrogen and oxygen atoms in total. The average molecular weight is 361 g/mol. The Bertz CT molecular complexity index is 648. The maximum atomic E-state index is 4.70. The Balaban J connectivity index is 1.58. The van der Waals surface area contributed by atoms with Gasteiger partial charge < -0.3 is 10.6 Å². The van der Waals surface area contributed by atoms with Gasteiger partial charge in [0.25, 0.3) is 0 Å². The molecule has 0 saturated carbocycles. The van der Waals surface area contributed by atoms with Crippen LogP contribution in [0.2, 0.25) is 0 Å². The molecule has 2 aromatic rings. The molecule has 3 rings (SSSR count). The van der Waals surface area contributed by atoms with Gasteiger partial charge in [-0.1, -0.05) is 30.3 Å². The molecule has 1 saturated heterocycles. The fourth-order valence-electron chi connectivity index (χ4n) is 2.61. The normalized spacial score (nSPS) is 17.9. The summed E-state index contributed by atoms with van der Waals surface area (Å²) in [5.41, 5.74) is 2.19. The average Bonchev–Trinajstić information content (AvgIpc) is 3.30. The Hall–Kier alpha value is -1.53. The van der Waals surface area contributed by atoms with Crippen LogP contribution in [0.15, 0.2) is 40.7 Å². The first-order chi connectivity index (χ1) is 11.8. The molecule has 24 heavy (non-hydrogen) atoms. The van der Waals surface area contributed by atoms with Crippen LogP contribution in [-0.4, -0.2) is 35.0 Å². The fourth-order valence-corrected chi connectivity index (χ4v) is 4.63. The first-order valence-electron chi connectivity index (χ1n) is 8.48. The minimum atomic E-state index is 0.608. The van der Waals surface area contributed by atoms with E-state index in [4.69, 9.17) is 4.98 Å². The third-order valence-electron chi connectivity index (χ3n) is 3.84. The smallest absolute Gasteiger partial charge is 0.191 e. The van der Waals surface area contributed by atoms with Crippen LogP contribution in [0.1, 0.15) is 25.5 Å². The van der Waals surface area contributed by atoms with E-state index in [9.17, 15) is 0 Å². The zero-order chi connectivity index (χ0) is 16.6. The summed E-state index contributed by atoms with van der Waals surface area (Å²) in [4.78, 5) is 9.38. The molecule has 6 heteroatoms. The molecule has 1 aromatic heterocycles. The molecule has 0 radical (unpaired) electrons. The Morgan fingerprint density at radius 1 is 1.29 bits per heavy atom. The SMILES string of the molecule is CCNC(=NCc1csc(-c2ccccc2)n1)NCC1CCCS1. The van der Waals surface area contributed by atoms with Crippen molar-refractivity contribution < 1.29 is 0 Å². The number of thioether (sulfide) groups is 1. The van der Waals surface area contributed by atoms with E-state index in [2.05, 4.69) is 51.8 Å². The number of aliphatic imine (C=N–C) groups is 1. The van der Waals surface area contributed by atoms with Gasteiger partial charge in [-0.05, 0) is 25.5 Å². The first kappa shape index (κ1) is 17.3. The second-order valence-corrected chi connectivity index (χ2v) is 7.99. The summed E-state index contributed by atoms with van der Waals surface area (Å²) in [5.74, 6) is 2.18. The molecule has 1 aromatic carbocycles. The molecule has 0 amide bonds. The van der Waals surface area contributed by atoms with Gasteiger partial charge in [-0.2, -0.15) is 11.8 Å². The molecule has 1 aliphatic heterocycles. The highest BCUT2D eigenvalue weighted by Gasteiger charge is 2.15. The number of nitrogens with zero attached hydrogens (tertiary/aromatic N) is 2. The summed E-state index contributed by atoms with van der Waals surface area (Å²) in [6.45, 7) is 4.56. The van der Waals surface area contributed by atoms with Crippen molar-refractivity contribution in [3.8, 4) is 10.6 Å². The topological polar surface area (TPSA) is 49.3 Å². The van der Waals surface area contributed by atoms with Crippen LogP contribution in [0.25, 0.3) is 10.6 Å². The van der Waals surface area contributed by atoms with Gasteiger partial charge in [-0.3, -0.25) is 0 Å². The lowest BCUT2D eigenvalue weighted by atomic mass is 10.2. The Labute approximate surface area is 152 Å². The number of aromatic nitrogens is 1. The fraction of sp³-hybridized carbons (Fsp3) is 0.444. The van der Waals surface area contributed by atoms with E-state index >= 15 is 0 Å². The Kier molecular flexibility index (Phi) is 6.55. The van der Waals surface area contributed by atoms with Gasteiger partial charge in [-0.25, -0.2) is 9.98 Å². The number of hydrogen-bond acceptors (Lipinski definition) is 4. The zero-order valence-electron chi connectivity index (χ0n) is 14.0. The highest BCUT2D eigenvalue weighted by atomic mass is 32.2. The van der Waals surface area contributed by atoms with Crippen LogP contribution in [0.3, 0.4) is 0 Å². The van der Waals surface area contributed by atoms with Crippen LogP contribution >= 0.6 is 23.1 Å². The summed E-state index contributed by atoms with van der Waals surface area (Å²) in [5, 5.41) is 10.7. The van der Waals surface area contributed by atoms with Crippen molar-refractivity contribution in [3.05, 3.63) is 41.4 Å². The van der Waals surface area contributed by atoms with E-state index in [1.807, 2.05) is 18.2 Å². The summed E-state index contributed by atoms with van der Waals surface area (Å²) in [7, 11) is 0. The van der Waals surface area contributed by atoms with Crippen molar-refractivity contribution in [1.29, 1.82) is 0 Å². The Morgan fingerprint density at radius 2 is 2.17 bits per heavy atom. The highest BCUT2D eigenvalue weighted by Crippen LogP contribution is 2.25. The van der Waals surface area contributed by atoms with Crippen molar-refractivity contribution in [2.75, 3.05) is 18.8 Å². The van der Waals surface area contributed by atoms with Gasteiger partial charge in [-0.15, -0.1) is 11.3 Å². The summed E-state index contributed by atoms with van der Waals surface area (Å²) < 4.78 is 0. The van der Waals surface area contributed by atoms with Crippen molar-refractivity contribution in [2.24, 2.45) is 4.99 Å². The second-order valence-electron chi connectivity index (χ2n) is 5.72. The molecule has 1 unspecified atom stereocenters. The molecule has 2 heterocycles.